The summed E-state index contributed by atoms with van der Waals surface area (Å²) in [4.78, 5) is 2.25. The predicted molar refractivity (Wildman–Crippen MR) is 91.6 cm³/mol. The lowest BCUT2D eigenvalue weighted by molar-refractivity contribution is -0.137. The molecule has 5 nitrogen and oxygen atoms in total. The minimum absolute atomic E-state index is 0.266. The maximum absolute atomic E-state index is 12.8. The van der Waals surface area contributed by atoms with Crippen LogP contribution in [0, 0.1) is 6.92 Å². The quantitative estimate of drug-likeness (QED) is 0.871. The van der Waals surface area contributed by atoms with Gasteiger partial charge in [-0.05, 0) is 56.8 Å². The third-order valence-electron chi connectivity index (χ3n) is 4.58. The van der Waals surface area contributed by atoms with Crippen LogP contribution < -0.4 is 5.32 Å². The molecule has 1 unspecified atom stereocenters. The summed E-state index contributed by atoms with van der Waals surface area (Å²) in [5, 5.41) is 21.7. The number of likely N-dealkylation sites (tertiary alicyclic amines) is 1. The van der Waals surface area contributed by atoms with E-state index in [1.165, 1.54) is 6.92 Å². The number of nitrogens with one attached hydrogen (secondary N) is 1. The third kappa shape index (κ3) is 4.13. The Hall–Kier alpha value is -2.19. The van der Waals surface area contributed by atoms with Crippen molar-refractivity contribution in [2.24, 2.45) is 0 Å². The normalized spacial score (nSPS) is 18.4. The highest BCUT2D eigenvalue weighted by Crippen LogP contribution is 2.38. The maximum atomic E-state index is 12.8. The van der Waals surface area contributed by atoms with E-state index in [2.05, 4.69) is 27.5 Å². The molecule has 1 aromatic carbocycles. The number of hydrogen-bond donors (Lipinski definition) is 2. The van der Waals surface area contributed by atoms with Crippen molar-refractivity contribution in [1.82, 2.24) is 20.4 Å². The molecule has 1 aliphatic heterocycles. The number of likely N-dealkylation sites (N-methyl/N-ethyl adjacent to an activating group) is 1. The van der Waals surface area contributed by atoms with Gasteiger partial charge in [0.15, 0.2) is 0 Å². The molecule has 26 heavy (non-hydrogen) atoms. The van der Waals surface area contributed by atoms with Crippen molar-refractivity contribution in [1.29, 1.82) is 0 Å². The second-order valence-corrected chi connectivity index (χ2v) is 6.72. The molecule has 0 aliphatic carbocycles. The molecule has 0 amide bonds. The standard InChI is InChI=1S/C18H21F3N4O/c1-11-7-12(18(19,20)21)8-16(26)17(11)15-4-3-13(23-24-15)9-22-14-5-6-25(2)10-14/h3-4,7-8,14,22,26H,5-6,9-10H2,1-2H3. The molecule has 1 atom stereocenters. The monoisotopic (exact) mass is 366 g/mol. The summed E-state index contributed by atoms with van der Waals surface area (Å²) < 4.78 is 38.5. The number of phenols is 1. The number of rotatable bonds is 4. The van der Waals surface area contributed by atoms with Gasteiger partial charge in [0.25, 0.3) is 0 Å². The number of aromatic hydroxyl groups is 1. The number of benzene rings is 1. The van der Waals surface area contributed by atoms with Crippen molar-refractivity contribution in [3.8, 4) is 17.0 Å². The zero-order chi connectivity index (χ0) is 18.9. The van der Waals surface area contributed by atoms with Crippen LogP contribution in [-0.2, 0) is 12.7 Å². The Morgan fingerprint density at radius 1 is 1.27 bits per heavy atom. The number of hydrogen-bond acceptors (Lipinski definition) is 5. The predicted octanol–water partition coefficient (Wildman–Crippen LogP) is 2.97. The first kappa shape index (κ1) is 18.6. The van der Waals surface area contributed by atoms with Crippen LogP contribution in [0.2, 0.25) is 0 Å². The number of phenolic OH excluding ortho intramolecular Hbond substituents is 1. The maximum Gasteiger partial charge on any atom is 0.416 e. The van der Waals surface area contributed by atoms with Crippen LogP contribution in [0.3, 0.4) is 0 Å². The van der Waals surface area contributed by atoms with Gasteiger partial charge in [-0.15, -0.1) is 0 Å². The number of aromatic nitrogens is 2. The van der Waals surface area contributed by atoms with Crippen LogP contribution in [0.25, 0.3) is 11.3 Å². The third-order valence-corrected chi connectivity index (χ3v) is 4.58. The Morgan fingerprint density at radius 2 is 2.04 bits per heavy atom. The highest BCUT2D eigenvalue weighted by atomic mass is 19.4. The Morgan fingerprint density at radius 3 is 2.58 bits per heavy atom. The lowest BCUT2D eigenvalue weighted by atomic mass is 10.0. The van der Waals surface area contributed by atoms with Gasteiger partial charge in [0.2, 0.25) is 0 Å². The molecule has 0 radical (unpaired) electrons. The lowest BCUT2D eigenvalue weighted by Crippen LogP contribution is -2.31. The smallest absolute Gasteiger partial charge is 0.416 e. The minimum atomic E-state index is -4.50. The van der Waals surface area contributed by atoms with Gasteiger partial charge in [-0.2, -0.15) is 23.4 Å². The average molecular weight is 366 g/mol. The highest BCUT2D eigenvalue weighted by molar-refractivity contribution is 5.71. The summed E-state index contributed by atoms with van der Waals surface area (Å²) in [5.74, 6) is -0.452. The molecule has 0 saturated carbocycles. The topological polar surface area (TPSA) is 61.3 Å². The SMILES string of the molecule is Cc1cc(C(F)(F)F)cc(O)c1-c1ccc(CNC2CCN(C)C2)nn1. The summed E-state index contributed by atoms with van der Waals surface area (Å²) in [5.41, 5.74) is 0.769. The summed E-state index contributed by atoms with van der Waals surface area (Å²) in [6.07, 6.45) is -3.42. The van der Waals surface area contributed by atoms with Gasteiger partial charge >= 0.3 is 6.18 Å². The van der Waals surface area contributed by atoms with E-state index < -0.39 is 17.5 Å². The Labute approximate surface area is 149 Å². The van der Waals surface area contributed by atoms with Gasteiger partial charge in [-0.3, -0.25) is 0 Å². The van der Waals surface area contributed by atoms with Crippen molar-refractivity contribution in [2.45, 2.75) is 32.1 Å². The summed E-state index contributed by atoms with van der Waals surface area (Å²) in [7, 11) is 2.08. The molecule has 1 saturated heterocycles. The number of aryl methyl sites for hydroxylation is 1. The second-order valence-electron chi connectivity index (χ2n) is 6.72. The van der Waals surface area contributed by atoms with E-state index in [0.717, 1.165) is 37.3 Å². The van der Waals surface area contributed by atoms with Crippen LogP contribution in [0.1, 0.15) is 23.2 Å². The molecule has 0 bridgehead atoms. The van der Waals surface area contributed by atoms with Gasteiger partial charge in [0, 0.05) is 24.7 Å². The fraction of sp³-hybridized carbons (Fsp3) is 0.444. The molecule has 2 N–H and O–H groups in total. The van der Waals surface area contributed by atoms with E-state index in [-0.39, 0.29) is 5.56 Å². The van der Waals surface area contributed by atoms with Gasteiger partial charge in [-0.1, -0.05) is 0 Å². The largest absolute Gasteiger partial charge is 0.507 e. The van der Waals surface area contributed by atoms with Crippen molar-refractivity contribution in [2.75, 3.05) is 20.1 Å². The molecule has 0 spiro atoms. The molecule has 8 heteroatoms. The van der Waals surface area contributed by atoms with Crippen LogP contribution in [-0.4, -0.2) is 46.4 Å². The van der Waals surface area contributed by atoms with E-state index >= 15 is 0 Å². The molecule has 3 rings (SSSR count). The summed E-state index contributed by atoms with van der Waals surface area (Å²) in [6, 6.07) is 5.58. The first-order valence-corrected chi connectivity index (χ1v) is 8.40. The van der Waals surface area contributed by atoms with Crippen molar-refractivity contribution < 1.29 is 18.3 Å². The Kier molecular flexibility index (Phi) is 5.15. The highest BCUT2D eigenvalue weighted by Gasteiger charge is 2.32. The van der Waals surface area contributed by atoms with E-state index in [0.29, 0.717) is 23.8 Å². The average Bonchev–Trinajstić information content (AvgIpc) is 2.98. The molecule has 2 heterocycles. The Balaban J connectivity index is 1.74. The molecular weight excluding hydrogens is 345 g/mol. The zero-order valence-electron chi connectivity index (χ0n) is 14.6. The number of nitrogens with zero attached hydrogens (tertiary/aromatic N) is 3. The van der Waals surface area contributed by atoms with Gasteiger partial charge in [0.1, 0.15) is 5.75 Å². The van der Waals surface area contributed by atoms with Crippen LogP contribution in [0.5, 0.6) is 5.75 Å². The summed E-state index contributed by atoms with van der Waals surface area (Å²) >= 11 is 0. The molecular formula is C18H21F3N4O. The molecule has 1 fully saturated rings. The molecule has 2 aromatic rings. The van der Waals surface area contributed by atoms with Gasteiger partial charge < -0.3 is 15.3 Å². The van der Waals surface area contributed by atoms with Crippen LogP contribution in [0.15, 0.2) is 24.3 Å². The lowest BCUT2D eigenvalue weighted by Gasteiger charge is -2.14. The van der Waals surface area contributed by atoms with E-state index in [1.54, 1.807) is 12.1 Å². The first-order chi connectivity index (χ1) is 12.2. The van der Waals surface area contributed by atoms with E-state index in [1.807, 2.05) is 0 Å². The second kappa shape index (κ2) is 7.20. The number of halogens is 3. The molecule has 140 valence electrons. The van der Waals surface area contributed by atoms with Crippen LogP contribution >= 0.6 is 0 Å². The zero-order valence-corrected chi connectivity index (χ0v) is 14.6. The molecule has 1 aromatic heterocycles. The Bertz CT molecular complexity index is 754. The van der Waals surface area contributed by atoms with E-state index in [9.17, 15) is 18.3 Å². The van der Waals surface area contributed by atoms with Crippen molar-refractivity contribution in [3.05, 3.63) is 41.1 Å². The van der Waals surface area contributed by atoms with E-state index in [4.69, 9.17) is 0 Å². The minimum Gasteiger partial charge on any atom is -0.507 e. The fourth-order valence-electron chi connectivity index (χ4n) is 3.20. The summed E-state index contributed by atoms with van der Waals surface area (Å²) in [6.45, 7) is 4.14. The molecule has 1 aliphatic rings. The van der Waals surface area contributed by atoms with Crippen molar-refractivity contribution in [3.63, 3.8) is 0 Å². The first-order valence-electron chi connectivity index (χ1n) is 8.40. The van der Waals surface area contributed by atoms with Gasteiger partial charge in [-0.25, -0.2) is 0 Å². The van der Waals surface area contributed by atoms with Crippen molar-refractivity contribution >= 4 is 0 Å². The van der Waals surface area contributed by atoms with Crippen LogP contribution in [0.4, 0.5) is 13.2 Å². The van der Waals surface area contributed by atoms with Gasteiger partial charge in [0.05, 0.1) is 17.0 Å². The fourth-order valence-corrected chi connectivity index (χ4v) is 3.20. The number of alkyl halides is 3.